The molecule has 0 saturated heterocycles. The summed E-state index contributed by atoms with van der Waals surface area (Å²) < 4.78 is 10.1. The summed E-state index contributed by atoms with van der Waals surface area (Å²) >= 11 is 12.5. The number of halogens is 2. The number of hydrogen-bond acceptors (Lipinski definition) is 4. The highest BCUT2D eigenvalue weighted by Crippen LogP contribution is 2.36. The highest BCUT2D eigenvalue weighted by Gasteiger charge is 2.15. The smallest absolute Gasteiger partial charge is 0.342 e. The highest BCUT2D eigenvalue weighted by molar-refractivity contribution is 6.39. The van der Waals surface area contributed by atoms with E-state index in [1.54, 1.807) is 30.3 Å². The maximum Gasteiger partial charge on any atom is 0.342 e. The van der Waals surface area contributed by atoms with Crippen LogP contribution in [0.2, 0.25) is 10.0 Å². The number of hydrogen-bond donors (Lipinski definition) is 1. The molecule has 0 unspecified atom stereocenters. The number of carbonyl (C=O) groups is 1. The zero-order chi connectivity index (χ0) is 21.9. The van der Waals surface area contributed by atoms with Gasteiger partial charge in [-0.3, -0.25) is 0 Å². The Morgan fingerprint density at radius 1 is 0.933 bits per heavy atom. The molecule has 0 aliphatic heterocycles. The van der Waals surface area contributed by atoms with E-state index in [9.17, 15) is 4.79 Å². The minimum atomic E-state index is -0.485. The van der Waals surface area contributed by atoms with Crippen molar-refractivity contribution in [3.63, 3.8) is 0 Å². The molecular formula is C24H25Cl2NO3. The van der Waals surface area contributed by atoms with Gasteiger partial charge < -0.3 is 14.8 Å². The van der Waals surface area contributed by atoms with E-state index in [0.29, 0.717) is 33.6 Å². The van der Waals surface area contributed by atoms with Crippen LogP contribution >= 0.6 is 23.2 Å². The summed E-state index contributed by atoms with van der Waals surface area (Å²) in [6.07, 6.45) is 0. The number of benzene rings is 3. The number of carbonyl (C=O) groups excluding carboxylic acids is 1. The van der Waals surface area contributed by atoms with Gasteiger partial charge in [0.1, 0.15) is 0 Å². The highest BCUT2D eigenvalue weighted by atomic mass is 35.5. The molecule has 0 atom stereocenters. The fourth-order valence-corrected chi connectivity index (χ4v) is 2.93. The maximum absolute atomic E-state index is 12.2. The molecule has 6 heteroatoms. The number of rotatable bonds is 6. The summed E-state index contributed by atoms with van der Waals surface area (Å²) in [6, 6.07) is 20.8. The molecule has 0 aromatic heterocycles. The van der Waals surface area contributed by atoms with Crippen LogP contribution in [-0.4, -0.2) is 19.4 Å². The largest absolute Gasteiger partial charge is 0.435 e. The number of nitrogens with one attached hydrogen (secondary N) is 1. The van der Waals surface area contributed by atoms with Crippen LogP contribution in [0.1, 0.15) is 28.4 Å². The molecule has 0 aliphatic carbocycles. The molecule has 3 rings (SSSR count). The first-order valence-electron chi connectivity index (χ1n) is 9.51. The van der Waals surface area contributed by atoms with Crippen molar-refractivity contribution in [2.45, 2.75) is 20.8 Å². The molecular weight excluding hydrogens is 421 g/mol. The minimum Gasteiger partial charge on any atom is -0.435 e. The third-order valence-corrected chi connectivity index (χ3v) is 4.91. The standard InChI is InChI=1S/C17H17Cl2NO3.C7H8/c1-3-22-10-23-17(21)12-6-4-5-7-14(12)20-16-13(18)9-8-11(2)15(16)19;1-7-5-3-2-4-6-7/h4-9,20H,3,10H2,1-2H3;2-6H,1H3. The summed E-state index contributed by atoms with van der Waals surface area (Å²) in [5, 5.41) is 4.10. The Morgan fingerprint density at radius 2 is 1.60 bits per heavy atom. The summed E-state index contributed by atoms with van der Waals surface area (Å²) in [5.41, 5.74) is 3.69. The van der Waals surface area contributed by atoms with Gasteiger partial charge in [-0.1, -0.05) is 77.3 Å². The summed E-state index contributed by atoms with van der Waals surface area (Å²) in [5.74, 6) is -0.485. The van der Waals surface area contributed by atoms with Crippen molar-refractivity contribution < 1.29 is 14.3 Å². The fraction of sp³-hybridized carbons (Fsp3) is 0.208. The Morgan fingerprint density at radius 3 is 2.23 bits per heavy atom. The average molecular weight is 446 g/mol. The van der Waals surface area contributed by atoms with Crippen molar-refractivity contribution in [3.05, 3.63) is 93.5 Å². The van der Waals surface area contributed by atoms with E-state index in [4.69, 9.17) is 32.7 Å². The van der Waals surface area contributed by atoms with E-state index in [0.717, 1.165) is 5.56 Å². The van der Waals surface area contributed by atoms with Gasteiger partial charge in [-0.25, -0.2) is 4.79 Å². The van der Waals surface area contributed by atoms with Gasteiger partial charge in [-0.2, -0.15) is 0 Å². The Hall–Kier alpha value is -2.53. The minimum absolute atomic E-state index is 0.0877. The SMILES string of the molecule is CCOCOC(=O)c1ccccc1Nc1c(Cl)ccc(C)c1Cl.Cc1ccccc1. The second-order valence-electron chi connectivity index (χ2n) is 6.42. The zero-order valence-electron chi connectivity index (χ0n) is 17.2. The predicted octanol–water partition coefficient (Wildman–Crippen LogP) is 7.19. The van der Waals surface area contributed by atoms with Gasteiger partial charge in [0.05, 0.1) is 27.0 Å². The van der Waals surface area contributed by atoms with Crippen molar-refractivity contribution in [1.29, 1.82) is 0 Å². The molecule has 0 bridgehead atoms. The van der Waals surface area contributed by atoms with Crippen molar-refractivity contribution in [2.24, 2.45) is 0 Å². The number of esters is 1. The van der Waals surface area contributed by atoms with Crippen LogP contribution in [0.3, 0.4) is 0 Å². The van der Waals surface area contributed by atoms with Crippen molar-refractivity contribution in [1.82, 2.24) is 0 Å². The average Bonchev–Trinajstić information content (AvgIpc) is 2.75. The molecule has 0 radical (unpaired) electrons. The fourth-order valence-electron chi connectivity index (χ4n) is 2.47. The Bertz CT molecular complexity index is 962. The number of anilines is 2. The van der Waals surface area contributed by atoms with Crippen molar-refractivity contribution >= 4 is 40.5 Å². The molecule has 4 nitrogen and oxygen atoms in total. The van der Waals surface area contributed by atoms with E-state index in [1.165, 1.54) is 5.56 Å². The summed E-state index contributed by atoms with van der Waals surface area (Å²) in [7, 11) is 0. The molecule has 3 aromatic rings. The molecule has 158 valence electrons. The molecule has 3 aromatic carbocycles. The monoisotopic (exact) mass is 445 g/mol. The first-order valence-corrected chi connectivity index (χ1v) is 10.3. The van der Waals surface area contributed by atoms with Gasteiger partial charge >= 0.3 is 5.97 Å². The van der Waals surface area contributed by atoms with Gasteiger partial charge in [-0.15, -0.1) is 0 Å². The van der Waals surface area contributed by atoms with E-state index >= 15 is 0 Å². The lowest BCUT2D eigenvalue weighted by Gasteiger charge is -2.15. The molecule has 0 amide bonds. The molecule has 0 saturated carbocycles. The predicted molar refractivity (Wildman–Crippen MR) is 124 cm³/mol. The van der Waals surface area contributed by atoms with Crippen molar-refractivity contribution in [2.75, 3.05) is 18.7 Å². The van der Waals surface area contributed by atoms with Gasteiger partial charge in [0.25, 0.3) is 0 Å². The molecule has 1 N–H and O–H groups in total. The number of aryl methyl sites for hydroxylation is 2. The van der Waals surface area contributed by atoms with Gasteiger partial charge in [-0.05, 0) is 44.5 Å². The van der Waals surface area contributed by atoms with Crippen LogP contribution in [0.4, 0.5) is 11.4 Å². The van der Waals surface area contributed by atoms with Crippen LogP contribution in [0.15, 0.2) is 66.7 Å². The summed E-state index contributed by atoms with van der Waals surface area (Å²) in [6.45, 7) is 6.18. The second-order valence-corrected chi connectivity index (χ2v) is 7.21. The van der Waals surface area contributed by atoms with E-state index in [2.05, 4.69) is 24.4 Å². The normalized spacial score (nSPS) is 10.0. The molecule has 0 aliphatic rings. The Kier molecular flexibility index (Phi) is 9.68. The third kappa shape index (κ3) is 7.06. The first kappa shape index (κ1) is 23.7. The molecule has 0 heterocycles. The van der Waals surface area contributed by atoms with Crippen LogP contribution in [-0.2, 0) is 9.47 Å². The summed E-state index contributed by atoms with van der Waals surface area (Å²) in [4.78, 5) is 12.2. The van der Waals surface area contributed by atoms with Crippen LogP contribution < -0.4 is 5.32 Å². The third-order valence-electron chi connectivity index (χ3n) is 4.11. The molecule has 0 spiro atoms. The first-order chi connectivity index (χ1) is 14.4. The molecule has 30 heavy (non-hydrogen) atoms. The topological polar surface area (TPSA) is 47.6 Å². The number of ether oxygens (including phenoxy) is 2. The van der Waals surface area contributed by atoms with Gasteiger partial charge in [0.2, 0.25) is 0 Å². The Balaban J connectivity index is 0.000000386. The molecule has 0 fully saturated rings. The zero-order valence-corrected chi connectivity index (χ0v) is 18.8. The van der Waals surface area contributed by atoms with E-state index in [1.807, 2.05) is 38.1 Å². The van der Waals surface area contributed by atoms with E-state index in [-0.39, 0.29) is 6.79 Å². The lowest BCUT2D eigenvalue weighted by molar-refractivity contribution is -0.0273. The van der Waals surface area contributed by atoms with Gasteiger partial charge in [0.15, 0.2) is 6.79 Å². The van der Waals surface area contributed by atoms with E-state index < -0.39 is 5.97 Å². The maximum atomic E-state index is 12.2. The lowest BCUT2D eigenvalue weighted by Crippen LogP contribution is -2.11. The van der Waals surface area contributed by atoms with Crippen LogP contribution in [0.5, 0.6) is 0 Å². The van der Waals surface area contributed by atoms with Crippen molar-refractivity contribution in [3.8, 4) is 0 Å². The van der Waals surface area contributed by atoms with Crippen LogP contribution in [0.25, 0.3) is 0 Å². The quantitative estimate of drug-likeness (QED) is 0.247. The van der Waals surface area contributed by atoms with Gasteiger partial charge in [0, 0.05) is 6.61 Å². The van der Waals surface area contributed by atoms with Crippen LogP contribution in [0, 0.1) is 13.8 Å². The second kappa shape index (κ2) is 12.2. The lowest BCUT2D eigenvalue weighted by atomic mass is 10.1. The number of para-hydroxylation sites is 1. The Labute approximate surface area is 187 Å².